The SMILES string of the molecule is CCC(C)(C)C(=O)O[C@H]1C[C@@H](C)C=C2C=C[C@H](C)[C@H](CC[C@@H]3C[C@@H](O)CC(=O)O3)C21C(=O)OCc1ccccc1. The summed E-state index contributed by atoms with van der Waals surface area (Å²) in [6.45, 7) is 9.93. The number of benzene rings is 1. The maximum absolute atomic E-state index is 14.4. The van der Waals surface area contributed by atoms with Crippen molar-refractivity contribution in [3.8, 4) is 0 Å². The number of aliphatic hydroxyl groups is 1. The van der Waals surface area contributed by atoms with Crippen LogP contribution in [0.15, 0.2) is 54.1 Å². The Bertz CT molecular complexity index is 1140. The van der Waals surface area contributed by atoms with Crippen molar-refractivity contribution in [2.45, 2.75) is 98.1 Å². The molecule has 40 heavy (non-hydrogen) atoms. The predicted molar refractivity (Wildman–Crippen MR) is 151 cm³/mol. The topological polar surface area (TPSA) is 99.1 Å². The highest BCUT2D eigenvalue weighted by Gasteiger charge is 2.61. The molecule has 218 valence electrons. The molecule has 1 saturated heterocycles. The summed E-state index contributed by atoms with van der Waals surface area (Å²) in [7, 11) is 0. The van der Waals surface area contributed by atoms with Crippen molar-refractivity contribution in [3.63, 3.8) is 0 Å². The second-order valence-electron chi connectivity index (χ2n) is 12.5. The first-order chi connectivity index (χ1) is 19.0. The van der Waals surface area contributed by atoms with Crippen LogP contribution in [-0.2, 0) is 35.2 Å². The predicted octanol–water partition coefficient (Wildman–Crippen LogP) is 5.70. The van der Waals surface area contributed by atoms with Crippen LogP contribution in [-0.4, -0.2) is 41.3 Å². The molecule has 1 unspecified atom stereocenters. The van der Waals surface area contributed by atoms with Crippen LogP contribution in [0, 0.1) is 28.6 Å². The fourth-order valence-electron chi connectivity index (χ4n) is 6.38. The molecule has 1 aromatic rings. The number of fused-ring (bicyclic) bond motifs is 1. The van der Waals surface area contributed by atoms with Crippen molar-refractivity contribution >= 4 is 17.9 Å². The van der Waals surface area contributed by atoms with E-state index < -0.39 is 41.1 Å². The van der Waals surface area contributed by atoms with Crippen LogP contribution < -0.4 is 0 Å². The van der Waals surface area contributed by atoms with Crippen molar-refractivity contribution in [2.75, 3.05) is 0 Å². The second-order valence-corrected chi connectivity index (χ2v) is 12.5. The number of hydrogen-bond donors (Lipinski definition) is 1. The molecule has 1 heterocycles. The zero-order valence-corrected chi connectivity index (χ0v) is 24.4. The molecule has 1 aliphatic heterocycles. The molecule has 2 aliphatic carbocycles. The van der Waals surface area contributed by atoms with Gasteiger partial charge in [-0.05, 0) is 68.4 Å². The van der Waals surface area contributed by atoms with Gasteiger partial charge >= 0.3 is 17.9 Å². The number of cyclic esters (lactones) is 1. The van der Waals surface area contributed by atoms with Gasteiger partial charge in [0.1, 0.15) is 24.2 Å². The van der Waals surface area contributed by atoms with Gasteiger partial charge in [-0.3, -0.25) is 14.4 Å². The van der Waals surface area contributed by atoms with E-state index in [9.17, 15) is 19.5 Å². The van der Waals surface area contributed by atoms with Crippen molar-refractivity contribution in [2.24, 2.45) is 28.6 Å². The third-order valence-electron chi connectivity index (χ3n) is 9.11. The Kier molecular flexibility index (Phi) is 9.23. The minimum Gasteiger partial charge on any atom is -0.462 e. The molecule has 7 heteroatoms. The average Bonchev–Trinajstić information content (AvgIpc) is 2.91. The Balaban J connectivity index is 1.73. The van der Waals surface area contributed by atoms with E-state index in [1.807, 2.05) is 57.2 Å². The van der Waals surface area contributed by atoms with E-state index in [0.29, 0.717) is 32.1 Å². The Morgan fingerprint density at radius 3 is 2.52 bits per heavy atom. The molecule has 0 saturated carbocycles. The molecule has 4 rings (SSSR count). The van der Waals surface area contributed by atoms with Gasteiger partial charge in [0.15, 0.2) is 0 Å². The molecule has 1 N–H and O–H groups in total. The van der Waals surface area contributed by atoms with Gasteiger partial charge in [0, 0.05) is 6.42 Å². The van der Waals surface area contributed by atoms with E-state index in [4.69, 9.17) is 14.2 Å². The van der Waals surface area contributed by atoms with E-state index >= 15 is 0 Å². The van der Waals surface area contributed by atoms with E-state index in [0.717, 1.165) is 11.1 Å². The lowest BCUT2D eigenvalue weighted by Gasteiger charge is -2.51. The third kappa shape index (κ3) is 6.19. The molecule has 0 spiro atoms. The summed E-state index contributed by atoms with van der Waals surface area (Å²) in [4.78, 5) is 39.9. The first-order valence-corrected chi connectivity index (χ1v) is 14.7. The van der Waals surface area contributed by atoms with E-state index in [1.54, 1.807) is 0 Å². The normalized spacial score (nSPS) is 31.9. The van der Waals surface area contributed by atoms with Crippen LogP contribution >= 0.6 is 0 Å². The van der Waals surface area contributed by atoms with Gasteiger partial charge in [-0.1, -0.05) is 69.3 Å². The second kappa shape index (κ2) is 12.3. The number of allylic oxidation sites excluding steroid dienone is 3. The summed E-state index contributed by atoms with van der Waals surface area (Å²) in [6, 6.07) is 9.54. The minimum atomic E-state index is -1.20. The molecule has 1 fully saturated rings. The highest BCUT2D eigenvalue weighted by molar-refractivity contribution is 5.85. The van der Waals surface area contributed by atoms with Gasteiger partial charge in [-0.2, -0.15) is 0 Å². The molecule has 7 atom stereocenters. The quantitative estimate of drug-likeness (QED) is 0.310. The number of hydrogen-bond acceptors (Lipinski definition) is 7. The maximum atomic E-state index is 14.4. The number of carbonyl (C=O) groups is 3. The minimum absolute atomic E-state index is 0.00479. The highest BCUT2D eigenvalue weighted by atomic mass is 16.6. The third-order valence-corrected chi connectivity index (χ3v) is 9.11. The molecular weight excluding hydrogens is 508 g/mol. The van der Waals surface area contributed by atoms with Crippen LogP contribution in [0.3, 0.4) is 0 Å². The number of esters is 3. The van der Waals surface area contributed by atoms with Crippen molar-refractivity contribution < 1.29 is 33.7 Å². The Morgan fingerprint density at radius 2 is 1.85 bits per heavy atom. The molecule has 0 amide bonds. The highest BCUT2D eigenvalue weighted by Crippen LogP contribution is 2.55. The first kappa shape index (κ1) is 30.0. The lowest BCUT2D eigenvalue weighted by atomic mass is 9.54. The molecule has 7 nitrogen and oxygen atoms in total. The maximum Gasteiger partial charge on any atom is 0.321 e. The lowest BCUT2D eigenvalue weighted by Crippen LogP contribution is -2.57. The zero-order valence-electron chi connectivity index (χ0n) is 24.4. The molecule has 3 aliphatic rings. The fraction of sp³-hybridized carbons (Fsp3) is 0.606. The van der Waals surface area contributed by atoms with Crippen LogP contribution in [0.25, 0.3) is 0 Å². The van der Waals surface area contributed by atoms with Gasteiger partial charge in [0.2, 0.25) is 0 Å². The van der Waals surface area contributed by atoms with Gasteiger partial charge in [0.25, 0.3) is 0 Å². The van der Waals surface area contributed by atoms with Crippen LogP contribution in [0.1, 0.15) is 78.7 Å². The smallest absolute Gasteiger partial charge is 0.321 e. The monoisotopic (exact) mass is 552 g/mol. The number of carbonyl (C=O) groups excluding carboxylic acids is 3. The summed E-state index contributed by atoms with van der Waals surface area (Å²) >= 11 is 0. The standard InChI is InChI=1S/C33H44O7/c1-6-32(4,5)30(36)40-28-17-21(2)16-24-13-12-22(3)27(15-14-26-18-25(34)19-29(35)39-26)33(24,28)31(37)38-20-23-10-8-7-9-11-23/h7-13,16,21-22,25-28,34H,6,14-15,17-20H2,1-5H3/t21-,22-,25+,26+,27-,28-,33?/m0/s1. The molecular formula is C33H44O7. The number of ether oxygens (including phenoxy) is 3. The number of rotatable bonds is 9. The Hall–Kier alpha value is -2.93. The Labute approximate surface area is 238 Å². The summed E-state index contributed by atoms with van der Waals surface area (Å²) < 4.78 is 17.9. The van der Waals surface area contributed by atoms with E-state index in [-0.39, 0.29) is 36.8 Å². The summed E-state index contributed by atoms with van der Waals surface area (Å²) in [5.41, 5.74) is -0.203. The van der Waals surface area contributed by atoms with Crippen LogP contribution in [0.4, 0.5) is 0 Å². The van der Waals surface area contributed by atoms with Crippen molar-refractivity contribution in [1.29, 1.82) is 0 Å². The lowest BCUT2D eigenvalue weighted by molar-refractivity contribution is -0.186. The zero-order chi connectivity index (χ0) is 29.1. The number of aliphatic hydroxyl groups excluding tert-OH is 1. The fourth-order valence-corrected chi connectivity index (χ4v) is 6.38. The van der Waals surface area contributed by atoms with Gasteiger partial charge < -0.3 is 19.3 Å². The average molecular weight is 553 g/mol. The first-order valence-electron chi connectivity index (χ1n) is 14.7. The van der Waals surface area contributed by atoms with E-state index in [2.05, 4.69) is 26.0 Å². The molecule has 0 radical (unpaired) electrons. The van der Waals surface area contributed by atoms with Gasteiger partial charge in [-0.15, -0.1) is 0 Å². The summed E-state index contributed by atoms with van der Waals surface area (Å²) in [5.74, 6) is -1.32. The van der Waals surface area contributed by atoms with Gasteiger partial charge in [-0.25, -0.2) is 0 Å². The molecule has 0 bridgehead atoms. The summed E-state index contributed by atoms with van der Waals surface area (Å²) in [5, 5.41) is 10.2. The largest absolute Gasteiger partial charge is 0.462 e. The van der Waals surface area contributed by atoms with Crippen LogP contribution in [0.2, 0.25) is 0 Å². The van der Waals surface area contributed by atoms with E-state index in [1.165, 1.54) is 0 Å². The van der Waals surface area contributed by atoms with Crippen molar-refractivity contribution in [1.82, 2.24) is 0 Å². The molecule has 0 aromatic heterocycles. The molecule has 1 aromatic carbocycles. The Morgan fingerprint density at radius 1 is 1.12 bits per heavy atom. The summed E-state index contributed by atoms with van der Waals surface area (Å²) in [6.07, 6.45) is 6.86. The van der Waals surface area contributed by atoms with Gasteiger partial charge in [0.05, 0.1) is 17.9 Å². The van der Waals surface area contributed by atoms with Crippen LogP contribution in [0.5, 0.6) is 0 Å². The van der Waals surface area contributed by atoms with Crippen molar-refractivity contribution in [3.05, 3.63) is 59.7 Å².